The van der Waals surface area contributed by atoms with Gasteiger partial charge in [-0.25, -0.2) is 9.18 Å². The molecule has 1 N–H and O–H groups in total. The van der Waals surface area contributed by atoms with Gasteiger partial charge in [-0.05, 0) is 18.2 Å². The number of carboxylic acids is 1. The molecule has 0 aliphatic rings. The molecular weight excluding hydrogens is 249 g/mol. The Kier molecular flexibility index (Phi) is 3.70. The quantitative estimate of drug-likeness (QED) is 0.911. The zero-order valence-electron chi connectivity index (χ0n) is 10.2. The van der Waals surface area contributed by atoms with Crippen LogP contribution in [0.4, 0.5) is 10.2 Å². The van der Waals surface area contributed by atoms with Gasteiger partial charge in [-0.1, -0.05) is 18.2 Å². The molecule has 0 spiro atoms. The molecule has 2 rings (SSSR count). The lowest BCUT2D eigenvalue weighted by Gasteiger charge is -2.17. The van der Waals surface area contributed by atoms with Crippen molar-refractivity contribution in [1.29, 1.82) is 0 Å². The second-order valence-corrected chi connectivity index (χ2v) is 4.03. The maximum atomic E-state index is 13.5. The number of halogens is 1. The summed E-state index contributed by atoms with van der Waals surface area (Å²) in [5.74, 6) is -0.937. The third-order valence-corrected chi connectivity index (χ3v) is 2.63. The molecule has 1 aromatic carbocycles. The molecule has 0 saturated carbocycles. The van der Waals surface area contributed by atoms with Gasteiger partial charge in [0.05, 0.1) is 0 Å². The summed E-state index contributed by atoms with van der Waals surface area (Å²) in [6, 6.07) is 9.36. The fourth-order valence-electron chi connectivity index (χ4n) is 1.61. The zero-order valence-corrected chi connectivity index (χ0v) is 10.2. The van der Waals surface area contributed by atoms with Gasteiger partial charge in [0, 0.05) is 19.2 Å². The Morgan fingerprint density at radius 3 is 2.58 bits per heavy atom. The highest BCUT2D eigenvalue weighted by molar-refractivity contribution is 5.85. The number of aromatic carboxylic acids is 1. The largest absolute Gasteiger partial charge is 0.476 e. The third-order valence-electron chi connectivity index (χ3n) is 2.63. The van der Waals surface area contributed by atoms with Gasteiger partial charge >= 0.3 is 5.97 Å². The highest BCUT2D eigenvalue weighted by Crippen LogP contribution is 2.14. The van der Waals surface area contributed by atoms with E-state index in [-0.39, 0.29) is 11.5 Å². The van der Waals surface area contributed by atoms with E-state index >= 15 is 0 Å². The molecule has 0 amide bonds. The maximum absolute atomic E-state index is 13.5. The molecule has 0 aliphatic heterocycles. The topological polar surface area (TPSA) is 66.3 Å². The monoisotopic (exact) mass is 261 g/mol. The fraction of sp³-hybridized carbons (Fsp3) is 0.154. The lowest BCUT2D eigenvalue weighted by atomic mass is 10.2. The van der Waals surface area contributed by atoms with Crippen molar-refractivity contribution >= 4 is 11.8 Å². The summed E-state index contributed by atoms with van der Waals surface area (Å²) < 4.78 is 13.5. The number of anilines is 1. The average Bonchev–Trinajstić information content (AvgIpc) is 2.41. The number of benzene rings is 1. The summed E-state index contributed by atoms with van der Waals surface area (Å²) in [5.41, 5.74) is 0.414. The lowest BCUT2D eigenvalue weighted by Crippen LogP contribution is -2.19. The predicted octanol–water partition coefficient (Wildman–Crippen LogP) is 1.95. The number of hydrogen-bond acceptors (Lipinski definition) is 4. The van der Waals surface area contributed by atoms with Crippen molar-refractivity contribution in [3.8, 4) is 0 Å². The molecule has 0 aliphatic carbocycles. The van der Waals surface area contributed by atoms with Gasteiger partial charge in [0.1, 0.15) is 5.82 Å². The summed E-state index contributed by atoms with van der Waals surface area (Å²) in [6.45, 7) is 0.327. The Bertz CT molecular complexity index is 587. The van der Waals surface area contributed by atoms with Crippen LogP contribution in [-0.2, 0) is 6.54 Å². The van der Waals surface area contributed by atoms with E-state index in [1.807, 2.05) is 0 Å². The first-order valence-electron chi connectivity index (χ1n) is 5.59. The van der Waals surface area contributed by atoms with Crippen LogP contribution in [0.3, 0.4) is 0 Å². The van der Waals surface area contributed by atoms with Crippen LogP contribution in [0.5, 0.6) is 0 Å². The first-order valence-corrected chi connectivity index (χ1v) is 5.59. The van der Waals surface area contributed by atoms with Crippen LogP contribution in [0, 0.1) is 5.82 Å². The fourth-order valence-corrected chi connectivity index (χ4v) is 1.61. The molecule has 2 aromatic rings. The van der Waals surface area contributed by atoms with Crippen LogP contribution in [-0.4, -0.2) is 28.3 Å². The van der Waals surface area contributed by atoms with Crippen molar-refractivity contribution in [2.24, 2.45) is 0 Å². The van der Waals surface area contributed by atoms with Crippen molar-refractivity contribution in [2.75, 3.05) is 11.9 Å². The van der Waals surface area contributed by atoms with Gasteiger partial charge in [-0.2, -0.15) is 0 Å². The van der Waals surface area contributed by atoms with E-state index in [4.69, 9.17) is 5.11 Å². The standard InChI is InChI=1S/C13H12FN3O2/c1-17(8-9-4-2-3-5-10(9)14)12-7-6-11(13(18)19)15-16-12/h2-7H,8H2,1H3,(H,18,19). The van der Waals surface area contributed by atoms with Gasteiger partial charge in [-0.3, -0.25) is 0 Å². The number of nitrogens with zero attached hydrogens (tertiary/aromatic N) is 3. The minimum atomic E-state index is -1.13. The van der Waals surface area contributed by atoms with Gasteiger partial charge in [0.25, 0.3) is 0 Å². The molecule has 0 saturated heterocycles. The number of carboxylic acid groups (broad SMARTS) is 1. The van der Waals surface area contributed by atoms with Gasteiger partial charge in [0.15, 0.2) is 11.5 Å². The maximum Gasteiger partial charge on any atom is 0.356 e. The summed E-state index contributed by atoms with van der Waals surface area (Å²) >= 11 is 0. The summed E-state index contributed by atoms with van der Waals surface area (Å²) in [7, 11) is 1.73. The van der Waals surface area contributed by atoms with E-state index < -0.39 is 5.97 Å². The SMILES string of the molecule is CN(Cc1ccccc1F)c1ccc(C(=O)O)nn1. The summed E-state index contributed by atoms with van der Waals surface area (Å²) in [4.78, 5) is 12.3. The molecular formula is C13H12FN3O2. The van der Waals surface area contributed by atoms with Crippen LogP contribution in [0.2, 0.25) is 0 Å². The highest BCUT2D eigenvalue weighted by atomic mass is 19.1. The highest BCUT2D eigenvalue weighted by Gasteiger charge is 2.09. The van der Waals surface area contributed by atoms with Crippen molar-refractivity contribution < 1.29 is 14.3 Å². The van der Waals surface area contributed by atoms with E-state index in [2.05, 4.69) is 10.2 Å². The van der Waals surface area contributed by atoms with E-state index in [9.17, 15) is 9.18 Å². The summed E-state index contributed by atoms with van der Waals surface area (Å²) in [5, 5.41) is 16.1. The number of hydrogen-bond donors (Lipinski definition) is 1. The van der Waals surface area contributed by atoms with Gasteiger partial charge in [0.2, 0.25) is 0 Å². The molecule has 98 valence electrons. The van der Waals surface area contributed by atoms with Crippen LogP contribution >= 0.6 is 0 Å². The molecule has 0 bridgehead atoms. The second-order valence-electron chi connectivity index (χ2n) is 4.03. The van der Waals surface area contributed by atoms with E-state index in [0.29, 0.717) is 17.9 Å². The Morgan fingerprint density at radius 2 is 2.00 bits per heavy atom. The smallest absolute Gasteiger partial charge is 0.356 e. The van der Waals surface area contributed by atoms with Crippen LogP contribution in [0.25, 0.3) is 0 Å². The normalized spacial score (nSPS) is 10.2. The molecule has 5 nitrogen and oxygen atoms in total. The van der Waals surface area contributed by atoms with Crippen LogP contribution in [0.15, 0.2) is 36.4 Å². The summed E-state index contributed by atoms with van der Waals surface area (Å²) in [6.07, 6.45) is 0. The van der Waals surface area contributed by atoms with E-state index in [0.717, 1.165) is 0 Å². The lowest BCUT2D eigenvalue weighted by molar-refractivity contribution is 0.0689. The molecule has 6 heteroatoms. The molecule has 1 heterocycles. The predicted molar refractivity (Wildman–Crippen MR) is 67.5 cm³/mol. The zero-order chi connectivity index (χ0) is 13.8. The number of aromatic nitrogens is 2. The second kappa shape index (κ2) is 5.43. The average molecular weight is 261 g/mol. The third kappa shape index (κ3) is 3.04. The van der Waals surface area contributed by atoms with Crippen LogP contribution in [0.1, 0.15) is 16.1 Å². The Labute approximate surface area is 109 Å². The molecule has 0 radical (unpaired) electrons. The van der Waals surface area contributed by atoms with Gasteiger partial charge < -0.3 is 10.0 Å². The minimum Gasteiger partial charge on any atom is -0.476 e. The van der Waals surface area contributed by atoms with Crippen LogP contribution < -0.4 is 4.90 Å². The molecule has 19 heavy (non-hydrogen) atoms. The first-order chi connectivity index (χ1) is 9.08. The van der Waals surface area contributed by atoms with E-state index in [1.165, 1.54) is 18.2 Å². The van der Waals surface area contributed by atoms with Gasteiger partial charge in [-0.15, -0.1) is 10.2 Å². The molecule has 0 fully saturated rings. The number of carbonyl (C=O) groups is 1. The van der Waals surface area contributed by atoms with Crippen molar-refractivity contribution in [1.82, 2.24) is 10.2 Å². The first kappa shape index (κ1) is 12.9. The van der Waals surface area contributed by atoms with Crippen molar-refractivity contribution in [3.05, 3.63) is 53.5 Å². The minimum absolute atomic E-state index is 0.122. The Balaban J connectivity index is 2.14. The number of rotatable bonds is 4. The van der Waals surface area contributed by atoms with Crippen molar-refractivity contribution in [3.63, 3.8) is 0 Å². The van der Waals surface area contributed by atoms with E-state index in [1.54, 1.807) is 30.1 Å². The molecule has 0 atom stereocenters. The Morgan fingerprint density at radius 1 is 1.26 bits per heavy atom. The Hall–Kier alpha value is -2.50. The molecule has 1 aromatic heterocycles. The molecule has 0 unspecified atom stereocenters. The van der Waals surface area contributed by atoms with Crippen molar-refractivity contribution in [2.45, 2.75) is 6.54 Å².